The summed E-state index contributed by atoms with van der Waals surface area (Å²) in [5.41, 5.74) is 4.60. The lowest BCUT2D eigenvalue weighted by Gasteiger charge is -2.27. The number of halogens is 3. The van der Waals surface area contributed by atoms with Crippen LogP contribution in [0.4, 0.5) is 18.9 Å². The van der Waals surface area contributed by atoms with Crippen LogP contribution in [-0.4, -0.2) is 50.1 Å². The van der Waals surface area contributed by atoms with Crippen molar-refractivity contribution in [3.8, 4) is 5.75 Å². The third kappa shape index (κ3) is 5.74. The van der Waals surface area contributed by atoms with Gasteiger partial charge in [-0.05, 0) is 35.9 Å². The zero-order valence-corrected chi connectivity index (χ0v) is 16.8. The van der Waals surface area contributed by atoms with Crippen LogP contribution in [0.3, 0.4) is 0 Å². The second-order valence-corrected chi connectivity index (χ2v) is 7.03. The molecule has 0 aliphatic carbocycles. The van der Waals surface area contributed by atoms with Crippen molar-refractivity contribution in [2.45, 2.75) is 12.7 Å². The summed E-state index contributed by atoms with van der Waals surface area (Å²) in [6.07, 6.45) is -4.59. The van der Waals surface area contributed by atoms with E-state index in [1.54, 1.807) is 0 Å². The van der Waals surface area contributed by atoms with Gasteiger partial charge in [-0.15, -0.1) is 0 Å². The first kappa shape index (κ1) is 22.6. The first-order valence-electron chi connectivity index (χ1n) is 9.48. The molecule has 2 amide bonds. The summed E-state index contributed by atoms with van der Waals surface area (Å²) in [5.74, 6) is -1.24. The Morgan fingerprint density at radius 3 is 2.42 bits per heavy atom. The van der Waals surface area contributed by atoms with Crippen LogP contribution in [0, 0.1) is 0 Å². The lowest BCUT2D eigenvalue weighted by molar-refractivity contribution is -0.138. The molecule has 3 rings (SSSR count). The smallest absolute Gasteiger partial charge is 0.416 e. The fourth-order valence-corrected chi connectivity index (χ4v) is 3.25. The third-order valence-electron chi connectivity index (χ3n) is 4.86. The number of nitrogens with zero attached hydrogens (tertiary/aromatic N) is 1. The number of carbonyl (C=O) groups excluding carboxylic acids is 2. The normalized spacial score (nSPS) is 14.8. The highest BCUT2D eigenvalue weighted by Crippen LogP contribution is 2.34. The number of anilines is 1. The molecule has 1 saturated heterocycles. The average Bonchev–Trinajstić information content (AvgIpc) is 2.74. The maximum Gasteiger partial charge on any atom is 0.416 e. The first-order chi connectivity index (χ1) is 14.7. The largest absolute Gasteiger partial charge is 0.497 e. The fourth-order valence-electron chi connectivity index (χ4n) is 3.25. The van der Waals surface area contributed by atoms with E-state index in [-0.39, 0.29) is 34.7 Å². The summed E-state index contributed by atoms with van der Waals surface area (Å²) >= 11 is 0. The highest BCUT2D eigenvalue weighted by molar-refractivity contribution is 6.06. The molecule has 0 unspecified atom stereocenters. The number of ether oxygens (including phenoxy) is 2. The monoisotopic (exact) mass is 437 g/mol. The van der Waals surface area contributed by atoms with Crippen LogP contribution < -0.4 is 15.8 Å². The number of morpholine rings is 1. The van der Waals surface area contributed by atoms with Crippen molar-refractivity contribution in [3.63, 3.8) is 0 Å². The summed E-state index contributed by atoms with van der Waals surface area (Å²) < 4.78 is 51.3. The molecule has 31 heavy (non-hydrogen) atoms. The number of carbonyl (C=O) groups is 2. The van der Waals surface area contributed by atoms with Crippen molar-refractivity contribution in [2.24, 2.45) is 5.73 Å². The van der Waals surface area contributed by atoms with Gasteiger partial charge in [-0.2, -0.15) is 13.2 Å². The Bertz CT molecular complexity index is 973. The van der Waals surface area contributed by atoms with E-state index in [0.717, 1.165) is 6.07 Å². The van der Waals surface area contributed by atoms with E-state index in [2.05, 4.69) is 5.32 Å². The SMILES string of the molecule is COc1cc(C(N)=O)cc(C(=O)Nc2ccc(CN3CCOCC3)c(C(F)(F)F)c2)c1. The van der Waals surface area contributed by atoms with Crippen LogP contribution in [0.25, 0.3) is 0 Å². The minimum atomic E-state index is -4.59. The summed E-state index contributed by atoms with van der Waals surface area (Å²) in [6.45, 7) is 2.18. The van der Waals surface area contributed by atoms with Gasteiger partial charge < -0.3 is 20.5 Å². The molecule has 1 aliphatic rings. The molecule has 0 atom stereocenters. The lowest BCUT2D eigenvalue weighted by Crippen LogP contribution is -2.36. The van der Waals surface area contributed by atoms with Gasteiger partial charge in [0.15, 0.2) is 0 Å². The Labute approximate surface area is 176 Å². The van der Waals surface area contributed by atoms with E-state index in [4.69, 9.17) is 15.2 Å². The number of alkyl halides is 3. The first-order valence-corrected chi connectivity index (χ1v) is 9.48. The zero-order chi connectivity index (χ0) is 22.6. The Morgan fingerprint density at radius 2 is 1.81 bits per heavy atom. The van der Waals surface area contributed by atoms with Gasteiger partial charge >= 0.3 is 6.18 Å². The van der Waals surface area contributed by atoms with Gasteiger partial charge in [-0.3, -0.25) is 14.5 Å². The Hall–Kier alpha value is -3.11. The van der Waals surface area contributed by atoms with E-state index in [1.165, 1.54) is 37.4 Å². The number of hydrogen-bond acceptors (Lipinski definition) is 5. The molecule has 0 saturated carbocycles. The number of benzene rings is 2. The summed E-state index contributed by atoms with van der Waals surface area (Å²) in [6, 6.07) is 7.65. The predicted molar refractivity (Wildman–Crippen MR) is 107 cm³/mol. The second-order valence-electron chi connectivity index (χ2n) is 7.03. The number of nitrogens with one attached hydrogen (secondary N) is 1. The van der Waals surface area contributed by atoms with Gasteiger partial charge in [0, 0.05) is 36.4 Å². The molecule has 1 heterocycles. The summed E-state index contributed by atoms with van der Waals surface area (Å²) in [4.78, 5) is 25.9. The molecule has 2 aromatic carbocycles. The van der Waals surface area contributed by atoms with E-state index < -0.39 is 23.6 Å². The number of nitrogens with two attached hydrogens (primary N) is 1. The number of amides is 2. The van der Waals surface area contributed by atoms with Crippen LogP contribution in [0.2, 0.25) is 0 Å². The number of hydrogen-bond donors (Lipinski definition) is 2. The van der Waals surface area contributed by atoms with Crippen LogP contribution in [0.15, 0.2) is 36.4 Å². The van der Waals surface area contributed by atoms with Crippen molar-refractivity contribution >= 4 is 17.5 Å². The minimum Gasteiger partial charge on any atom is -0.497 e. The molecule has 3 N–H and O–H groups in total. The maximum atomic E-state index is 13.7. The Morgan fingerprint density at radius 1 is 1.13 bits per heavy atom. The molecule has 2 aromatic rings. The minimum absolute atomic E-state index is 0.0218. The highest BCUT2D eigenvalue weighted by Gasteiger charge is 2.34. The predicted octanol–water partition coefficient (Wildman–Crippen LogP) is 2.90. The van der Waals surface area contributed by atoms with Crippen molar-refractivity contribution in [3.05, 3.63) is 58.7 Å². The van der Waals surface area contributed by atoms with Gasteiger partial charge in [0.1, 0.15) is 5.75 Å². The number of primary amides is 1. The van der Waals surface area contributed by atoms with Gasteiger partial charge in [-0.25, -0.2) is 0 Å². The van der Waals surface area contributed by atoms with Crippen molar-refractivity contribution in [1.29, 1.82) is 0 Å². The molecule has 0 aromatic heterocycles. The molecule has 10 heteroatoms. The molecule has 0 spiro atoms. The van der Waals surface area contributed by atoms with Gasteiger partial charge in [0.05, 0.1) is 25.9 Å². The standard InChI is InChI=1S/C21H22F3N3O4/c1-30-17-9-14(19(25)28)8-15(10-17)20(29)26-16-3-2-13(18(11-16)21(22,23)24)12-27-4-6-31-7-5-27/h2-3,8-11H,4-7,12H2,1H3,(H2,25,28)(H,26,29). The molecular formula is C21H22F3N3O4. The number of methoxy groups -OCH3 is 1. The lowest BCUT2D eigenvalue weighted by atomic mass is 10.0. The van der Waals surface area contributed by atoms with E-state index in [1.807, 2.05) is 4.90 Å². The Balaban J connectivity index is 1.85. The van der Waals surface area contributed by atoms with E-state index in [0.29, 0.717) is 26.3 Å². The van der Waals surface area contributed by atoms with E-state index >= 15 is 0 Å². The van der Waals surface area contributed by atoms with Crippen LogP contribution in [0.1, 0.15) is 31.8 Å². The number of rotatable bonds is 6. The maximum absolute atomic E-state index is 13.7. The molecular weight excluding hydrogens is 415 g/mol. The van der Waals surface area contributed by atoms with Crippen molar-refractivity contribution < 1.29 is 32.2 Å². The molecule has 0 bridgehead atoms. The van der Waals surface area contributed by atoms with E-state index in [9.17, 15) is 22.8 Å². The summed E-state index contributed by atoms with van der Waals surface area (Å²) in [7, 11) is 1.35. The van der Waals surface area contributed by atoms with Crippen LogP contribution in [0.5, 0.6) is 5.75 Å². The third-order valence-corrected chi connectivity index (χ3v) is 4.86. The average molecular weight is 437 g/mol. The molecule has 0 radical (unpaired) electrons. The molecule has 1 fully saturated rings. The fraction of sp³-hybridized carbons (Fsp3) is 0.333. The van der Waals surface area contributed by atoms with Crippen LogP contribution >= 0.6 is 0 Å². The van der Waals surface area contributed by atoms with Gasteiger partial charge in [0.25, 0.3) is 5.91 Å². The summed E-state index contributed by atoms with van der Waals surface area (Å²) in [5, 5.41) is 2.44. The Kier molecular flexibility index (Phi) is 6.81. The molecule has 1 aliphatic heterocycles. The van der Waals surface area contributed by atoms with Gasteiger partial charge in [0.2, 0.25) is 5.91 Å². The van der Waals surface area contributed by atoms with Crippen molar-refractivity contribution in [2.75, 3.05) is 38.7 Å². The topological polar surface area (TPSA) is 93.9 Å². The van der Waals surface area contributed by atoms with Gasteiger partial charge in [-0.1, -0.05) is 6.07 Å². The zero-order valence-electron chi connectivity index (χ0n) is 16.8. The quantitative estimate of drug-likeness (QED) is 0.725. The second kappa shape index (κ2) is 9.36. The van der Waals surface area contributed by atoms with Crippen LogP contribution in [-0.2, 0) is 17.5 Å². The van der Waals surface area contributed by atoms with Crippen molar-refractivity contribution in [1.82, 2.24) is 4.90 Å². The highest BCUT2D eigenvalue weighted by atomic mass is 19.4. The molecule has 166 valence electrons. The molecule has 7 nitrogen and oxygen atoms in total.